The Morgan fingerprint density at radius 3 is 2.35 bits per heavy atom. The third-order valence-corrected chi connectivity index (χ3v) is 5.66. The van der Waals surface area contributed by atoms with Crippen LogP contribution in [-0.4, -0.2) is 35.8 Å². The normalized spacial score (nSPS) is 29.1. The second-order valence-electron chi connectivity index (χ2n) is 6.17. The zero-order valence-electron chi connectivity index (χ0n) is 12.6. The number of nitrogens with zero attached hydrogens (tertiary/aromatic N) is 1. The summed E-state index contributed by atoms with van der Waals surface area (Å²) in [6, 6.07) is 11.4. The van der Waals surface area contributed by atoms with Crippen molar-refractivity contribution in [2.45, 2.75) is 62.2 Å². The molecule has 2 aliphatic heterocycles. The van der Waals surface area contributed by atoms with Gasteiger partial charge in [0.25, 0.3) is 0 Å². The van der Waals surface area contributed by atoms with Crippen LogP contribution in [0.1, 0.15) is 38.2 Å². The summed E-state index contributed by atoms with van der Waals surface area (Å²) >= 11 is 1.82. The first-order chi connectivity index (χ1) is 9.78. The largest absolute Gasteiger partial charge is 0.311 e. The first-order valence-electron chi connectivity index (χ1n) is 7.91. The molecule has 2 heterocycles. The molecule has 2 atom stereocenters. The first kappa shape index (κ1) is 14.4. The van der Waals surface area contributed by atoms with E-state index in [2.05, 4.69) is 47.7 Å². The Labute approximate surface area is 127 Å². The molecule has 2 bridgehead atoms. The maximum absolute atomic E-state index is 3.75. The number of piperidine rings is 1. The second-order valence-corrected chi connectivity index (χ2v) is 7.05. The van der Waals surface area contributed by atoms with Gasteiger partial charge < -0.3 is 5.32 Å². The summed E-state index contributed by atoms with van der Waals surface area (Å²) in [6.45, 7) is 4.57. The van der Waals surface area contributed by atoms with Crippen LogP contribution in [0.5, 0.6) is 0 Å². The van der Waals surface area contributed by atoms with E-state index >= 15 is 0 Å². The number of rotatable bonds is 5. The fourth-order valence-corrected chi connectivity index (χ4v) is 4.20. The highest BCUT2D eigenvalue weighted by Gasteiger charge is 2.35. The van der Waals surface area contributed by atoms with Crippen LogP contribution in [0.2, 0.25) is 0 Å². The predicted molar refractivity (Wildman–Crippen MR) is 87.3 cm³/mol. The van der Waals surface area contributed by atoms with E-state index in [-0.39, 0.29) is 0 Å². The molecule has 1 aromatic rings. The molecule has 1 aromatic carbocycles. The predicted octanol–water partition coefficient (Wildman–Crippen LogP) is 3.51. The average molecular weight is 290 g/mol. The number of hydrogen-bond acceptors (Lipinski definition) is 3. The molecule has 0 aliphatic carbocycles. The Hall–Kier alpha value is -0.510. The zero-order valence-corrected chi connectivity index (χ0v) is 13.5. The molecular weight excluding hydrogens is 264 g/mol. The van der Waals surface area contributed by atoms with E-state index in [1.54, 1.807) is 0 Å². The van der Waals surface area contributed by atoms with Crippen molar-refractivity contribution in [1.82, 2.24) is 10.2 Å². The molecule has 2 nitrogen and oxygen atoms in total. The highest BCUT2D eigenvalue weighted by atomic mass is 32.2. The lowest BCUT2D eigenvalue weighted by atomic mass is 9.97. The highest BCUT2D eigenvalue weighted by Crippen LogP contribution is 2.30. The number of fused-ring (bicyclic) bond motifs is 2. The summed E-state index contributed by atoms with van der Waals surface area (Å²) in [5.74, 6) is 0. The van der Waals surface area contributed by atoms with Crippen molar-refractivity contribution < 1.29 is 0 Å². The van der Waals surface area contributed by atoms with Crippen LogP contribution in [0.25, 0.3) is 0 Å². The smallest absolute Gasteiger partial charge is 0.0236 e. The van der Waals surface area contributed by atoms with Crippen molar-refractivity contribution in [3.8, 4) is 0 Å². The fourth-order valence-electron chi connectivity index (χ4n) is 3.79. The molecule has 0 spiro atoms. The van der Waals surface area contributed by atoms with E-state index in [1.165, 1.54) is 36.1 Å². The number of hydrogen-bond donors (Lipinski definition) is 1. The van der Waals surface area contributed by atoms with Gasteiger partial charge in [0, 0.05) is 29.6 Å². The first-order valence-corrected chi connectivity index (χ1v) is 9.14. The average Bonchev–Trinajstić information content (AvgIpc) is 2.83. The summed E-state index contributed by atoms with van der Waals surface area (Å²) in [5, 5.41) is 3.75. The standard InChI is InChI=1S/C17H26N2S/c1-3-19(12-13-4-8-17(20-2)9-5-13)16-10-14-6-7-15(11-16)18-14/h4-5,8-9,14-16,18H,3,6-7,10-12H2,1-2H3. The van der Waals surface area contributed by atoms with Crippen LogP contribution in [0.4, 0.5) is 0 Å². The SMILES string of the molecule is CCN(Cc1ccc(SC)cc1)C1CC2CCC(C1)N2. The maximum atomic E-state index is 3.75. The van der Waals surface area contributed by atoms with Crippen molar-refractivity contribution in [3.05, 3.63) is 29.8 Å². The van der Waals surface area contributed by atoms with Crippen molar-refractivity contribution >= 4 is 11.8 Å². The van der Waals surface area contributed by atoms with Crippen LogP contribution in [0, 0.1) is 0 Å². The molecule has 0 saturated carbocycles. The summed E-state index contributed by atoms with van der Waals surface area (Å²) in [7, 11) is 0. The Morgan fingerprint density at radius 1 is 1.15 bits per heavy atom. The van der Waals surface area contributed by atoms with Crippen molar-refractivity contribution in [1.29, 1.82) is 0 Å². The molecule has 0 aromatic heterocycles. The Morgan fingerprint density at radius 2 is 1.80 bits per heavy atom. The molecule has 0 amide bonds. The van der Waals surface area contributed by atoms with Crippen LogP contribution >= 0.6 is 11.8 Å². The van der Waals surface area contributed by atoms with Crippen LogP contribution in [0.15, 0.2) is 29.2 Å². The molecule has 3 rings (SSSR count). The molecule has 2 fully saturated rings. The second kappa shape index (κ2) is 6.50. The van der Waals surface area contributed by atoms with E-state index in [9.17, 15) is 0 Å². The molecule has 2 unspecified atom stereocenters. The molecule has 1 N–H and O–H groups in total. The Kier molecular flexibility index (Phi) is 4.69. The van der Waals surface area contributed by atoms with Crippen molar-refractivity contribution in [3.63, 3.8) is 0 Å². The van der Waals surface area contributed by atoms with Crippen molar-refractivity contribution in [2.75, 3.05) is 12.8 Å². The molecule has 2 aliphatic rings. The van der Waals surface area contributed by atoms with Gasteiger partial charge in [-0.05, 0) is 56.2 Å². The quantitative estimate of drug-likeness (QED) is 0.835. The molecule has 0 radical (unpaired) electrons. The Bertz CT molecular complexity index is 419. The third-order valence-electron chi connectivity index (χ3n) is 4.92. The van der Waals surface area contributed by atoms with Gasteiger partial charge in [0.15, 0.2) is 0 Å². The monoisotopic (exact) mass is 290 g/mol. The minimum absolute atomic E-state index is 0.777. The summed E-state index contributed by atoms with van der Waals surface area (Å²) in [6.07, 6.45) is 7.60. The molecule has 110 valence electrons. The van der Waals surface area contributed by atoms with Gasteiger partial charge in [-0.1, -0.05) is 19.1 Å². The van der Waals surface area contributed by atoms with Gasteiger partial charge in [0.1, 0.15) is 0 Å². The Balaban J connectivity index is 1.64. The minimum atomic E-state index is 0.777. The molecule has 2 saturated heterocycles. The van der Waals surface area contributed by atoms with E-state index in [0.29, 0.717) is 0 Å². The van der Waals surface area contributed by atoms with E-state index in [1.807, 2.05) is 11.8 Å². The van der Waals surface area contributed by atoms with Gasteiger partial charge in [-0.25, -0.2) is 0 Å². The lowest BCUT2D eigenvalue weighted by Crippen LogP contribution is -2.47. The van der Waals surface area contributed by atoms with Crippen LogP contribution in [0.3, 0.4) is 0 Å². The van der Waals surface area contributed by atoms with E-state index in [4.69, 9.17) is 0 Å². The number of nitrogens with one attached hydrogen (secondary N) is 1. The third kappa shape index (κ3) is 3.21. The van der Waals surface area contributed by atoms with Gasteiger partial charge in [-0.2, -0.15) is 0 Å². The summed E-state index contributed by atoms with van der Waals surface area (Å²) < 4.78 is 0. The molecular formula is C17H26N2S. The van der Waals surface area contributed by atoms with Gasteiger partial charge in [0.2, 0.25) is 0 Å². The molecule has 20 heavy (non-hydrogen) atoms. The number of benzene rings is 1. The fraction of sp³-hybridized carbons (Fsp3) is 0.647. The van der Waals surface area contributed by atoms with Crippen molar-refractivity contribution in [2.24, 2.45) is 0 Å². The zero-order chi connectivity index (χ0) is 13.9. The lowest BCUT2D eigenvalue weighted by Gasteiger charge is -2.37. The minimum Gasteiger partial charge on any atom is -0.311 e. The summed E-state index contributed by atoms with van der Waals surface area (Å²) in [5.41, 5.74) is 1.45. The maximum Gasteiger partial charge on any atom is 0.0236 e. The molecule has 3 heteroatoms. The van der Waals surface area contributed by atoms with Gasteiger partial charge in [-0.15, -0.1) is 11.8 Å². The van der Waals surface area contributed by atoms with Gasteiger partial charge >= 0.3 is 0 Å². The topological polar surface area (TPSA) is 15.3 Å². The highest BCUT2D eigenvalue weighted by molar-refractivity contribution is 7.98. The van der Waals surface area contributed by atoms with Gasteiger partial charge in [0.05, 0.1) is 0 Å². The lowest BCUT2D eigenvalue weighted by molar-refractivity contribution is 0.140. The number of thioether (sulfide) groups is 1. The van der Waals surface area contributed by atoms with E-state index < -0.39 is 0 Å². The van der Waals surface area contributed by atoms with Crippen LogP contribution in [-0.2, 0) is 6.54 Å². The van der Waals surface area contributed by atoms with E-state index in [0.717, 1.165) is 31.2 Å². The van der Waals surface area contributed by atoms with Crippen LogP contribution < -0.4 is 5.32 Å². The summed E-state index contributed by atoms with van der Waals surface area (Å²) in [4.78, 5) is 4.04. The van der Waals surface area contributed by atoms with Gasteiger partial charge in [-0.3, -0.25) is 4.90 Å².